The highest BCUT2D eigenvalue weighted by Gasteiger charge is 2.45. The predicted molar refractivity (Wildman–Crippen MR) is 98.4 cm³/mol. The maximum absolute atomic E-state index is 12.3. The Kier molecular flexibility index (Phi) is 8.64. The van der Waals surface area contributed by atoms with Gasteiger partial charge in [0.05, 0.1) is 37.4 Å². The van der Waals surface area contributed by atoms with Crippen molar-refractivity contribution in [3.63, 3.8) is 0 Å². The maximum Gasteiger partial charge on any atom is 0.268 e. The third kappa shape index (κ3) is 6.70. The molecule has 0 aromatic rings. The van der Waals surface area contributed by atoms with Crippen LogP contribution in [0.15, 0.2) is 0 Å². The number of hydrogen-bond donors (Lipinski definition) is 0. The molecule has 2 aliphatic rings. The number of rotatable bonds is 10. The van der Waals surface area contributed by atoms with Gasteiger partial charge in [0.15, 0.2) is 17.7 Å². The van der Waals surface area contributed by atoms with Crippen LogP contribution in [0, 0.1) is 0 Å². The molecule has 2 fully saturated rings. The lowest BCUT2D eigenvalue weighted by Gasteiger charge is -2.29. The molecule has 0 spiro atoms. The average molecular weight is 429 g/mol. The molecule has 10 nitrogen and oxygen atoms in total. The summed E-state index contributed by atoms with van der Waals surface area (Å²) < 4.78 is 43.2. The van der Waals surface area contributed by atoms with Crippen molar-refractivity contribution < 1.29 is 47.0 Å². The Labute approximate surface area is 172 Å². The van der Waals surface area contributed by atoms with Gasteiger partial charge in [-0.1, -0.05) is 0 Å². The zero-order chi connectivity index (χ0) is 21.9. The zero-order valence-electron chi connectivity index (χ0n) is 16.7. The molecule has 2 heterocycles. The second kappa shape index (κ2) is 10.2. The summed E-state index contributed by atoms with van der Waals surface area (Å²) >= 11 is 0. The molecular formula is C16H24B2O10P-. The number of carbonyl (C=O) groups is 2. The molecule has 13 heteroatoms. The highest BCUT2D eigenvalue weighted by atomic mass is 31.2. The van der Waals surface area contributed by atoms with Crippen LogP contribution >= 0.6 is 7.82 Å². The van der Waals surface area contributed by atoms with Gasteiger partial charge in [-0.3, -0.25) is 14.2 Å². The van der Waals surface area contributed by atoms with E-state index in [0.29, 0.717) is 0 Å². The molecular weight excluding hydrogens is 405 g/mol. The Balaban J connectivity index is 1.98. The van der Waals surface area contributed by atoms with Crippen LogP contribution in [0.2, 0.25) is 0 Å². The fourth-order valence-corrected chi connectivity index (χ4v) is 3.69. The first kappa shape index (κ1) is 24.7. The summed E-state index contributed by atoms with van der Waals surface area (Å²) in [5.74, 6) is -1.28. The SMILES string of the molecule is [B][C@@H]1O[C@H](COP(=O)([O-])O[C@@H]2C(=O)[C@H]([B])O[C@@H]2COC(C)C)[C@H](OC(C)C)C1=O. The molecule has 0 saturated carbocycles. The Hall–Kier alpha value is -0.580. The Bertz CT molecular complexity index is 645. The van der Waals surface area contributed by atoms with Crippen molar-refractivity contribution >= 4 is 35.1 Å². The first-order valence-electron chi connectivity index (χ1n) is 9.22. The van der Waals surface area contributed by atoms with E-state index in [1.807, 2.05) is 0 Å². The first-order valence-corrected chi connectivity index (χ1v) is 10.7. The molecule has 4 radical (unpaired) electrons. The van der Waals surface area contributed by atoms with Gasteiger partial charge in [-0.25, -0.2) is 0 Å². The monoisotopic (exact) mass is 429 g/mol. The number of phosphoric ester groups is 1. The van der Waals surface area contributed by atoms with Crippen molar-refractivity contribution in [2.45, 2.75) is 76.3 Å². The van der Waals surface area contributed by atoms with Crippen LogP contribution in [0.5, 0.6) is 0 Å². The minimum absolute atomic E-state index is 0.0961. The standard InChI is InChI=1S/C16H25B2O10P/c1-7(2)23-5-9-14(12(20)16(18)26-9)28-29(21,22)24-6-10-13(25-8(3)4)11(19)15(17)27-10/h7-10,13-16H,5-6H2,1-4H3,(H,21,22)/p-1/t9-,10-,13+,14+,15-,16-/m1/s1. The van der Waals surface area contributed by atoms with Crippen molar-refractivity contribution in [2.75, 3.05) is 13.2 Å². The van der Waals surface area contributed by atoms with Gasteiger partial charge in [0.1, 0.15) is 34.0 Å². The second-order valence-corrected chi connectivity index (χ2v) is 8.61. The topological polar surface area (TPSA) is 130 Å². The van der Waals surface area contributed by atoms with Gasteiger partial charge in [-0.15, -0.1) is 0 Å². The molecule has 0 amide bonds. The van der Waals surface area contributed by atoms with Gasteiger partial charge < -0.3 is 32.9 Å². The van der Waals surface area contributed by atoms with E-state index in [0.717, 1.165) is 0 Å². The minimum atomic E-state index is -4.99. The smallest absolute Gasteiger partial charge is 0.268 e. The molecule has 0 aliphatic carbocycles. The van der Waals surface area contributed by atoms with Crippen LogP contribution in [-0.2, 0) is 42.1 Å². The molecule has 0 N–H and O–H groups in total. The molecule has 0 bridgehead atoms. The molecule has 7 atom stereocenters. The Morgan fingerprint density at radius 3 is 2.00 bits per heavy atom. The van der Waals surface area contributed by atoms with E-state index >= 15 is 0 Å². The van der Waals surface area contributed by atoms with Gasteiger partial charge in [-0.05, 0) is 27.7 Å². The fourth-order valence-electron chi connectivity index (χ4n) is 2.79. The fraction of sp³-hybridized carbons (Fsp3) is 0.875. The molecule has 2 aliphatic heterocycles. The van der Waals surface area contributed by atoms with Crippen molar-refractivity contribution in [3.8, 4) is 0 Å². The van der Waals surface area contributed by atoms with Gasteiger partial charge in [0.25, 0.3) is 7.82 Å². The molecule has 0 aromatic heterocycles. The second-order valence-electron chi connectivity index (χ2n) is 7.25. The molecule has 160 valence electrons. The summed E-state index contributed by atoms with van der Waals surface area (Å²) in [7, 11) is 6.07. The highest BCUT2D eigenvalue weighted by molar-refractivity contribution is 7.45. The number of Topliss-reactive ketones (excluding diaryl/α,β-unsaturated/α-hetero) is 2. The highest BCUT2D eigenvalue weighted by Crippen LogP contribution is 2.43. The van der Waals surface area contributed by atoms with Gasteiger partial charge in [0, 0.05) is 0 Å². The summed E-state index contributed by atoms with van der Waals surface area (Å²) in [6.07, 6.45) is -5.16. The lowest BCUT2D eigenvalue weighted by atomic mass is 9.94. The van der Waals surface area contributed by atoms with E-state index in [1.165, 1.54) is 0 Å². The molecule has 0 aromatic carbocycles. The van der Waals surface area contributed by atoms with E-state index < -0.39 is 62.4 Å². The van der Waals surface area contributed by atoms with Crippen LogP contribution < -0.4 is 4.89 Å². The van der Waals surface area contributed by atoms with Crippen LogP contribution in [0.3, 0.4) is 0 Å². The number of phosphoric acid groups is 1. The summed E-state index contributed by atoms with van der Waals surface area (Å²) in [6.45, 7) is 6.24. The van der Waals surface area contributed by atoms with Crippen molar-refractivity contribution in [3.05, 3.63) is 0 Å². The maximum atomic E-state index is 12.3. The summed E-state index contributed by atoms with van der Waals surface area (Å²) in [6, 6.07) is -2.59. The number of ketones is 2. The third-order valence-corrected chi connectivity index (χ3v) is 5.04. The largest absolute Gasteiger partial charge is 0.756 e. The van der Waals surface area contributed by atoms with Crippen molar-refractivity contribution in [1.29, 1.82) is 0 Å². The predicted octanol–water partition coefficient (Wildman–Crippen LogP) is -1.000. The van der Waals surface area contributed by atoms with E-state index in [9.17, 15) is 19.0 Å². The third-order valence-electron chi connectivity index (χ3n) is 4.09. The van der Waals surface area contributed by atoms with Crippen LogP contribution in [0.4, 0.5) is 0 Å². The lowest BCUT2D eigenvalue weighted by molar-refractivity contribution is -0.234. The first-order chi connectivity index (χ1) is 13.4. The zero-order valence-corrected chi connectivity index (χ0v) is 17.6. The lowest BCUT2D eigenvalue weighted by Crippen LogP contribution is -2.37. The summed E-state index contributed by atoms with van der Waals surface area (Å²) in [4.78, 5) is 36.4. The molecule has 29 heavy (non-hydrogen) atoms. The van der Waals surface area contributed by atoms with E-state index in [1.54, 1.807) is 27.7 Å². The normalized spacial score (nSPS) is 35.0. The van der Waals surface area contributed by atoms with E-state index in [2.05, 4.69) is 0 Å². The minimum Gasteiger partial charge on any atom is -0.756 e. The molecule has 1 unspecified atom stereocenters. The summed E-state index contributed by atoms with van der Waals surface area (Å²) in [5.41, 5.74) is 0. The molecule has 2 rings (SSSR count). The van der Waals surface area contributed by atoms with E-state index in [4.69, 9.17) is 43.7 Å². The van der Waals surface area contributed by atoms with Gasteiger partial charge >= 0.3 is 0 Å². The molecule has 2 saturated heterocycles. The van der Waals surface area contributed by atoms with Crippen LogP contribution in [-0.4, -0.2) is 89.1 Å². The number of ether oxygens (including phenoxy) is 4. The van der Waals surface area contributed by atoms with Crippen molar-refractivity contribution in [1.82, 2.24) is 0 Å². The Morgan fingerprint density at radius 2 is 1.48 bits per heavy atom. The van der Waals surface area contributed by atoms with Gasteiger partial charge in [-0.2, -0.15) is 0 Å². The Morgan fingerprint density at radius 1 is 0.966 bits per heavy atom. The van der Waals surface area contributed by atoms with Crippen LogP contribution in [0.1, 0.15) is 27.7 Å². The summed E-state index contributed by atoms with van der Waals surface area (Å²) in [5, 5.41) is 0. The van der Waals surface area contributed by atoms with Gasteiger partial charge in [0.2, 0.25) is 0 Å². The van der Waals surface area contributed by atoms with Crippen LogP contribution in [0.25, 0.3) is 0 Å². The number of hydrogen-bond acceptors (Lipinski definition) is 10. The van der Waals surface area contributed by atoms with E-state index in [-0.39, 0.29) is 18.8 Å². The quantitative estimate of drug-likeness (QED) is 0.315. The van der Waals surface area contributed by atoms with Crippen molar-refractivity contribution in [2.24, 2.45) is 0 Å². The average Bonchev–Trinajstić information content (AvgIpc) is 3.02. The number of carbonyl (C=O) groups excluding carboxylic acids is 2.